The zero-order valence-electron chi connectivity index (χ0n) is 16.3. The second kappa shape index (κ2) is 8.32. The number of hydrogen-bond donors (Lipinski definition) is 1. The molecule has 1 N–H and O–H groups in total. The Morgan fingerprint density at radius 3 is 2.71 bits per heavy atom. The van der Waals surface area contributed by atoms with E-state index in [1.54, 1.807) is 30.6 Å². The Labute approximate surface area is 169 Å². The Hall–Kier alpha value is -2.38. The number of quaternary nitrogens is 1. The minimum Gasteiger partial charge on any atom is -0.493 e. The number of amides is 1. The number of thiophene rings is 1. The molecule has 6 nitrogen and oxygen atoms in total. The molecule has 2 aliphatic heterocycles. The first-order valence-electron chi connectivity index (χ1n) is 9.69. The van der Waals surface area contributed by atoms with Crippen molar-refractivity contribution in [3.8, 4) is 11.5 Å². The topological polar surface area (TPSA) is 55.6 Å². The van der Waals surface area contributed by atoms with E-state index in [1.165, 1.54) is 17.7 Å². The number of ether oxygens (including phenoxy) is 2. The van der Waals surface area contributed by atoms with Crippen molar-refractivity contribution in [1.29, 1.82) is 0 Å². The SMILES string of the molecule is COc1cccc([C@H]2CC(c3cccs3)=NN2C(=O)C[NH+]2CCCC2)c1OC. The van der Waals surface area contributed by atoms with Crippen LogP contribution in [0.4, 0.5) is 0 Å². The summed E-state index contributed by atoms with van der Waals surface area (Å²) in [7, 11) is 3.27. The molecule has 1 atom stereocenters. The molecule has 2 aromatic rings. The van der Waals surface area contributed by atoms with Gasteiger partial charge in [0.15, 0.2) is 18.0 Å². The van der Waals surface area contributed by atoms with E-state index in [9.17, 15) is 4.79 Å². The van der Waals surface area contributed by atoms with E-state index in [2.05, 4.69) is 6.07 Å². The Balaban J connectivity index is 1.67. The van der Waals surface area contributed by atoms with Gasteiger partial charge in [0.05, 0.1) is 43.9 Å². The molecule has 0 radical (unpaired) electrons. The van der Waals surface area contributed by atoms with E-state index in [-0.39, 0.29) is 11.9 Å². The summed E-state index contributed by atoms with van der Waals surface area (Å²) in [5.41, 5.74) is 1.89. The van der Waals surface area contributed by atoms with Gasteiger partial charge in [-0.1, -0.05) is 18.2 Å². The van der Waals surface area contributed by atoms with E-state index in [0.717, 1.165) is 29.2 Å². The molecular weight excluding hydrogens is 374 g/mol. The zero-order chi connectivity index (χ0) is 19.5. The Bertz CT molecular complexity index is 860. The third kappa shape index (κ3) is 3.64. The summed E-state index contributed by atoms with van der Waals surface area (Å²) < 4.78 is 11.1. The second-order valence-corrected chi connectivity index (χ2v) is 8.15. The lowest BCUT2D eigenvalue weighted by atomic mass is 9.99. The zero-order valence-corrected chi connectivity index (χ0v) is 17.1. The summed E-state index contributed by atoms with van der Waals surface area (Å²) in [6.45, 7) is 2.62. The lowest BCUT2D eigenvalue weighted by molar-refractivity contribution is -0.879. The maximum absolute atomic E-state index is 13.2. The molecule has 0 saturated carbocycles. The lowest BCUT2D eigenvalue weighted by Crippen LogP contribution is -3.11. The van der Waals surface area contributed by atoms with Crippen LogP contribution >= 0.6 is 11.3 Å². The van der Waals surface area contributed by atoms with Crippen LogP contribution < -0.4 is 14.4 Å². The molecule has 1 saturated heterocycles. The number of hydrazone groups is 1. The number of rotatable bonds is 6. The summed E-state index contributed by atoms with van der Waals surface area (Å²) in [5, 5.41) is 8.48. The van der Waals surface area contributed by atoms with Crippen LogP contribution in [-0.2, 0) is 4.79 Å². The number of nitrogens with zero attached hydrogens (tertiary/aromatic N) is 2. The van der Waals surface area contributed by atoms with Crippen LogP contribution in [0.1, 0.15) is 35.7 Å². The number of benzene rings is 1. The van der Waals surface area contributed by atoms with Crippen molar-refractivity contribution in [3.05, 3.63) is 46.2 Å². The summed E-state index contributed by atoms with van der Waals surface area (Å²) in [4.78, 5) is 15.6. The highest BCUT2D eigenvalue weighted by Gasteiger charge is 2.37. The highest BCUT2D eigenvalue weighted by Crippen LogP contribution is 2.41. The van der Waals surface area contributed by atoms with Crippen molar-refractivity contribution < 1.29 is 19.2 Å². The van der Waals surface area contributed by atoms with E-state index < -0.39 is 0 Å². The number of nitrogens with one attached hydrogen (secondary N) is 1. The molecule has 1 aromatic heterocycles. The van der Waals surface area contributed by atoms with E-state index in [0.29, 0.717) is 24.5 Å². The highest BCUT2D eigenvalue weighted by atomic mass is 32.1. The fraction of sp³-hybridized carbons (Fsp3) is 0.429. The first-order chi connectivity index (χ1) is 13.7. The van der Waals surface area contributed by atoms with Crippen molar-refractivity contribution in [1.82, 2.24) is 5.01 Å². The first-order valence-corrected chi connectivity index (χ1v) is 10.6. The normalized spacial score (nSPS) is 19.7. The third-order valence-corrected chi connectivity index (χ3v) is 6.39. The molecule has 7 heteroatoms. The molecule has 28 heavy (non-hydrogen) atoms. The fourth-order valence-electron chi connectivity index (χ4n) is 4.10. The Morgan fingerprint density at radius 1 is 1.21 bits per heavy atom. The number of carbonyl (C=O) groups excluding carboxylic acids is 1. The average molecular weight is 401 g/mol. The van der Waals surface area contributed by atoms with Crippen LogP contribution in [-0.4, -0.2) is 50.5 Å². The predicted molar refractivity (Wildman–Crippen MR) is 109 cm³/mol. The van der Waals surface area contributed by atoms with Crippen LogP contribution in [0.5, 0.6) is 11.5 Å². The summed E-state index contributed by atoms with van der Waals surface area (Å²) >= 11 is 1.65. The van der Waals surface area contributed by atoms with E-state index >= 15 is 0 Å². The van der Waals surface area contributed by atoms with Gasteiger partial charge in [-0.3, -0.25) is 4.79 Å². The highest BCUT2D eigenvalue weighted by molar-refractivity contribution is 7.12. The van der Waals surface area contributed by atoms with Crippen molar-refractivity contribution in [2.75, 3.05) is 33.9 Å². The predicted octanol–water partition coefficient (Wildman–Crippen LogP) is 2.12. The smallest absolute Gasteiger partial charge is 0.298 e. The summed E-state index contributed by atoms with van der Waals surface area (Å²) in [6.07, 6.45) is 3.06. The van der Waals surface area contributed by atoms with Gasteiger partial charge in [-0.05, 0) is 17.5 Å². The van der Waals surface area contributed by atoms with Gasteiger partial charge < -0.3 is 14.4 Å². The molecule has 0 bridgehead atoms. The molecule has 148 valence electrons. The number of carbonyl (C=O) groups is 1. The standard InChI is InChI=1S/C21H25N3O3S/c1-26-18-8-5-7-15(21(18)27-2)17-13-16(19-9-6-12-28-19)22-24(17)20(25)14-23-10-3-4-11-23/h5-9,12,17H,3-4,10-11,13-14H2,1-2H3/p+1/t17-/m1/s1. The molecular formula is C21H26N3O3S+. The average Bonchev–Trinajstić information content (AvgIpc) is 3.47. The first kappa shape index (κ1) is 19.0. The Morgan fingerprint density at radius 2 is 2.04 bits per heavy atom. The maximum Gasteiger partial charge on any atom is 0.298 e. The minimum atomic E-state index is -0.184. The second-order valence-electron chi connectivity index (χ2n) is 7.20. The molecule has 0 spiro atoms. The minimum absolute atomic E-state index is 0.0679. The van der Waals surface area contributed by atoms with Gasteiger partial charge in [-0.2, -0.15) is 5.10 Å². The number of likely N-dealkylation sites (tertiary alicyclic amines) is 1. The van der Waals surface area contributed by atoms with Gasteiger partial charge in [-0.25, -0.2) is 5.01 Å². The molecule has 1 amide bonds. The van der Waals surface area contributed by atoms with Crippen molar-refractivity contribution in [2.24, 2.45) is 5.10 Å². The third-order valence-electron chi connectivity index (χ3n) is 5.48. The van der Waals surface area contributed by atoms with Crippen LogP contribution in [0, 0.1) is 0 Å². The van der Waals surface area contributed by atoms with Crippen LogP contribution in [0.2, 0.25) is 0 Å². The lowest BCUT2D eigenvalue weighted by Gasteiger charge is -2.25. The van der Waals surface area contributed by atoms with Crippen molar-refractivity contribution in [2.45, 2.75) is 25.3 Å². The monoisotopic (exact) mass is 400 g/mol. The van der Waals surface area contributed by atoms with Gasteiger partial charge in [0, 0.05) is 24.8 Å². The summed E-state index contributed by atoms with van der Waals surface area (Å²) in [5.74, 6) is 1.41. The molecule has 1 fully saturated rings. The quantitative estimate of drug-likeness (QED) is 0.808. The largest absolute Gasteiger partial charge is 0.493 e. The fourth-order valence-corrected chi connectivity index (χ4v) is 4.82. The molecule has 0 unspecified atom stereocenters. The maximum atomic E-state index is 13.2. The van der Waals surface area contributed by atoms with Crippen molar-refractivity contribution in [3.63, 3.8) is 0 Å². The molecule has 3 heterocycles. The van der Waals surface area contributed by atoms with Gasteiger partial charge in [0.2, 0.25) is 0 Å². The van der Waals surface area contributed by atoms with Gasteiger partial charge in [-0.15, -0.1) is 11.3 Å². The van der Waals surface area contributed by atoms with Crippen LogP contribution in [0.3, 0.4) is 0 Å². The Kier molecular flexibility index (Phi) is 5.64. The molecule has 0 aliphatic carbocycles. The number of para-hydroxylation sites is 1. The van der Waals surface area contributed by atoms with Crippen LogP contribution in [0.15, 0.2) is 40.8 Å². The van der Waals surface area contributed by atoms with Crippen LogP contribution in [0.25, 0.3) is 0 Å². The number of hydrogen-bond acceptors (Lipinski definition) is 5. The van der Waals surface area contributed by atoms with Gasteiger partial charge in [0.25, 0.3) is 5.91 Å². The molecule has 1 aromatic carbocycles. The van der Waals surface area contributed by atoms with Gasteiger partial charge in [0.1, 0.15) is 0 Å². The van der Waals surface area contributed by atoms with Crippen molar-refractivity contribution >= 4 is 23.0 Å². The number of methoxy groups -OCH3 is 2. The van der Waals surface area contributed by atoms with E-state index in [1.807, 2.05) is 29.6 Å². The molecule has 2 aliphatic rings. The van der Waals surface area contributed by atoms with E-state index in [4.69, 9.17) is 14.6 Å². The van der Waals surface area contributed by atoms with Gasteiger partial charge >= 0.3 is 0 Å². The molecule has 4 rings (SSSR count). The summed E-state index contributed by atoms with van der Waals surface area (Å²) in [6, 6.07) is 9.71.